The van der Waals surface area contributed by atoms with Crippen molar-refractivity contribution in [1.82, 2.24) is 38.7 Å². The van der Waals surface area contributed by atoms with Crippen LogP contribution in [0.3, 0.4) is 0 Å². The number of ether oxygens (including phenoxy) is 1. The Hall–Kier alpha value is -7.76. The van der Waals surface area contributed by atoms with Crippen LogP contribution in [0.4, 0.5) is 11.9 Å². The number of allylic oxidation sites excluding steroid dienone is 4. The van der Waals surface area contributed by atoms with E-state index < -0.39 is 23.6 Å². The van der Waals surface area contributed by atoms with Crippen molar-refractivity contribution in [2.75, 3.05) is 17.7 Å². The number of furan rings is 1. The average molecular weight is 785 g/mol. The lowest BCUT2D eigenvalue weighted by molar-refractivity contribution is 0.0992. The molecular weight excluding hydrogens is 745 g/mol. The number of methoxy groups -OCH3 is 1. The van der Waals surface area contributed by atoms with Gasteiger partial charge in [-0.25, -0.2) is 9.97 Å². The van der Waals surface area contributed by atoms with Crippen molar-refractivity contribution in [3.63, 3.8) is 0 Å². The van der Waals surface area contributed by atoms with E-state index in [1.807, 2.05) is 12.2 Å². The van der Waals surface area contributed by atoms with Gasteiger partial charge in [-0.15, -0.1) is 13.2 Å². The summed E-state index contributed by atoms with van der Waals surface area (Å²) in [6, 6.07) is 9.66. The normalized spacial score (nSPS) is 11.5. The van der Waals surface area contributed by atoms with E-state index in [4.69, 9.17) is 25.6 Å². The predicted molar refractivity (Wildman–Crippen MR) is 217 cm³/mol. The molecule has 0 bridgehead atoms. The summed E-state index contributed by atoms with van der Waals surface area (Å²) in [5.74, 6) is -1.11. The Bertz CT molecular complexity index is 2860. The fraction of sp³-hybridized carbons (Fsp3) is 0.200. The minimum absolute atomic E-state index is 0.144. The Morgan fingerprint density at radius 3 is 1.78 bits per heavy atom. The number of nitrogens with two attached hydrogens (primary N) is 2. The van der Waals surface area contributed by atoms with Crippen LogP contribution in [0.5, 0.6) is 5.75 Å². The van der Waals surface area contributed by atoms with Crippen molar-refractivity contribution in [2.24, 2.45) is 11.5 Å². The van der Waals surface area contributed by atoms with Crippen LogP contribution >= 0.6 is 0 Å². The van der Waals surface area contributed by atoms with Gasteiger partial charge in [0.2, 0.25) is 17.8 Å². The van der Waals surface area contributed by atoms with E-state index in [9.17, 15) is 19.2 Å². The molecule has 0 aliphatic rings. The summed E-state index contributed by atoms with van der Waals surface area (Å²) in [5, 5.41) is 15.2. The Labute approximate surface area is 330 Å². The number of carbonyl (C=O) groups excluding carboxylic acids is 4. The molecule has 0 saturated carbocycles. The summed E-state index contributed by atoms with van der Waals surface area (Å²) in [7, 11) is 1.45. The molecule has 18 nitrogen and oxygen atoms in total. The highest BCUT2D eigenvalue weighted by Gasteiger charge is 2.24. The van der Waals surface area contributed by atoms with Crippen LogP contribution in [-0.2, 0) is 26.2 Å². The average Bonchev–Trinajstić information content (AvgIpc) is 3.99. The first-order chi connectivity index (χ1) is 27.8. The lowest BCUT2D eigenvalue weighted by Crippen LogP contribution is -2.20. The van der Waals surface area contributed by atoms with Crippen LogP contribution < -0.4 is 26.8 Å². The van der Waals surface area contributed by atoms with Gasteiger partial charge < -0.3 is 29.8 Å². The van der Waals surface area contributed by atoms with Gasteiger partial charge >= 0.3 is 0 Å². The lowest BCUT2D eigenvalue weighted by atomic mass is 10.1. The van der Waals surface area contributed by atoms with Gasteiger partial charge in [0, 0.05) is 24.0 Å². The molecule has 296 valence electrons. The molecule has 0 unspecified atom stereocenters. The van der Waals surface area contributed by atoms with Gasteiger partial charge in [0.1, 0.15) is 34.0 Å². The van der Waals surface area contributed by atoms with E-state index in [0.717, 1.165) is 0 Å². The zero-order chi connectivity index (χ0) is 41.4. The predicted octanol–water partition coefficient (Wildman–Crippen LogP) is 4.79. The molecule has 0 aliphatic heterocycles. The lowest BCUT2D eigenvalue weighted by Gasteiger charge is -2.12. The van der Waals surface area contributed by atoms with Gasteiger partial charge in [-0.3, -0.25) is 39.2 Å². The van der Waals surface area contributed by atoms with E-state index in [0.29, 0.717) is 74.8 Å². The summed E-state index contributed by atoms with van der Waals surface area (Å²) in [6.07, 6.45) is 6.94. The number of aryl methyl sites for hydroxylation is 3. The third-order valence-electron chi connectivity index (χ3n) is 9.27. The molecule has 0 saturated heterocycles. The molecule has 0 radical (unpaired) electrons. The van der Waals surface area contributed by atoms with Gasteiger partial charge in [0.15, 0.2) is 0 Å². The van der Waals surface area contributed by atoms with Gasteiger partial charge in [-0.05, 0) is 57.2 Å². The van der Waals surface area contributed by atoms with Crippen molar-refractivity contribution in [3.8, 4) is 5.75 Å². The van der Waals surface area contributed by atoms with E-state index in [1.165, 1.54) is 34.7 Å². The van der Waals surface area contributed by atoms with Crippen molar-refractivity contribution in [1.29, 1.82) is 0 Å². The van der Waals surface area contributed by atoms with Gasteiger partial charge in [0.05, 0.1) is 53.7 Å². The molecule has 6 N–H and O–H groups in total. The number of hydrogen-bond donors (Lipinski definition) is 4. The molecule has 2 aromatic carbocycles. The SMILES string of the molecule is C=CCn1nc(C)cc1C(=O)Nc1nc2cc(C(N)=O)cc(OC)c2n1C/C=C/Cn1c(NC(=O)c2cc(C)nn2CC=C)nc2cc(C(N)=O)c3oc(C)cc3c21. The molecule has 7 aromatic rings. The second-order valence-corrected chi connectivity index (χ2v) is 13.4. The third kappa shape index (κ3) is 7.09. The molecule has 0 aliphatic carbocycles. The Morgan fingerprint density at radius 2 is 1.28 bits per heavy atom. The van der Waals surface area contributed by atoms with Gasteiger partial charge in [-0.2, -0.15) is 10.2 Å². The molecule has 0 atom stereocenters. The highest BCUT2D eigenvalue weighted by Crippen LogP contribution is 2.34. The van der Waals surface area contributed by atoms with E-state index >= 15 is 0 Å². The monoisotopic (exact) mass is 784 g/mol. The quantitative estimate of drug-likeness (QED) is 0.104. The maximum Gasteiger partial charge on any atom is 0.276 e. The minimum atomic E-state index is -0.695. The Morgan fingerprint density at radius 1 is 0.741 bits per heavy atom. The number of carbonyl (C=O) groups is 4. The van der Waals surface area contributed by atoms with Crippen molar-refractivity contribution in [2.45, 2.75) is 47.0 Å². The number of benzene rings is 2. The van der Waals surface area contributed by atoms with Crippen LogP contribution in [0.2, 0.25) is 0 Å². The van der Waals surface area contributed by atoms with Gasteiger partial charge in [-0.1, -0.05) is 24.3 Å². The first kappa shape index (κ1) is 38.5. The highest BCUT2D eigenvalue weighted by molar-refractivity contribution is 6.14. The molecule has 4 amide bonds. The van der Waals surface area contributed by atoms with Crippen LogP contribution in [0.1, 0.15) is 58.8 Å². The summed E-state index contributed by atoms with van der Waals surface area (Å²) >= 11 is 0. The molecule has 5 aromatic heterocycles. The smallest absolute Gasteiger partial charge is 0.276 e. The zero-order valence-electron chi connectivity index (χ0n) is 32.2. The number of hydrogen-bond acceptors (Lipinski definition) is 10. The van der Waals surface area contributed by atoms with Crippen LogP contribution in [-0.4, -0.2) is 69.4 Å². The topological polar surface area (TPSA) is 238 Å². The summed E-state index contributed by atoms with van der Waals surface area (Å²) in [4.78, 5) is 61.6. The zero-order valence-corrected chi connectivity index (χ0v) is 32.2. The highest BCUT2D eigenvalue weighted by atomic mass is 16.5. The fourth-order valence-electron chi connectivity index (χ4n) is 6.88. The van der Waals surface area contributed by atoms with E-state index in [-0.39, 0.29) is 41.7 Å². The standard InChI is InChI=1S/C40H40N12O6/c1-7-11-51-29(15-21(3)47-51)37(55)45-39-44-28-20-26(36(42)54)34-25(17-23(5)58-34)32(28)49(39)13-9-10-14-50-33-27(18-24(35(41)53)19-31(33)57-6)43-40(50)46-38(56)30-16-22(4)48-52(30)12-8-2/h7-10,15-20H,1-2,11-14H2,3-6H3,(H2,41,53)(H2,42,54)(H,43,46,56)(H,44,45,55)/b10-9+. The third-order valence-corrected chi connectivity index (χ3v) is 9.27. The van der Waals surface area contributed by atoms with Crippen molar-refractivity contribution < 1.29 is 28.3 Å². The first-order valence-electron chi connectivity index (χ1n) is 18.0. The number of amides is 4. The van der Waals surface area contributed by atoms with E-state index in [2.05, 4.69) is 39.0 Å². The molecule has 7 rings (SSSR count). The minimum Gasteiger partial charge on any atom is -0.494 e. The maximum absolute atomic E-state index is 13.8. The number of fused-ring (bicyclic) bond motifs is 4. The van der Waals surface area contributed by atoms with Gasteiger partial charge in [0.25, 0.3) is 17.7 Å². The molecule has 18 heteroatoms. The Balaban J connectivity index is 1.30. The second kappa shape index (κ2) is 15.4. The Kier molecular flexibility index (Phi) is 10.2. The molecule has 0 fully saturated rings. The van der Waals surface area contributed by atoms with Crippen molar-refractivity contribution >= 4 is 68.6 Å². The van der Waals surface area contributed by atoms with E-state index in [1.54, 1.807) is 60.3 Å². The second-order valence-electron chi connectivity index (χ2n) is 13.4. The van der Waals surface area contributed by atoms with Crippen LogP contribution in [0.15, 0.2) is 78.3 Å². The number of nitrogens with one attached hydrogen (secondary N) is 2. The number of primary amides is 2. The van der Waals surface area contributed by atoms with Crippen LogP contribution in [0, 0.1) is 20.8 Å². The number of imidazole rings is 2. The number of aromatic nitrogens is 8. The summed E-state index contributed by atoms with van der Waals surface area (Å²) in [6.45, 7) is 13.8. The van der Waals surface area contributed by atoms with Crippen LogP contribution in [0.25, 0.3) is 33.0 Å². The van der Waals surface area contributed by atoms with Crippen molar-refractivity contribution in [3.05, 3.63) is 114 Å². The molecular formula is C40H40N12O6. The number of nitrogens with zero attached hydrogens (tertiary/aromatic N) is 8. The number of rotatable bonds is 15. The first-order valence-corrected chi connectivity index (χ1v) is 18.0. The maximum atomic E-state index is 13.8. The molecule has 58 heavy (non-hydrogen) atoms. The summed E-state index contributed by atoms with van der Waals surface area (Å²) in [5.41, 5.74) is 15.7. The summed E-state index contributed by atoms with van der Waals surface area (Å²) < 4.78 is 18.2. The molecule has 5 heterocycles. The number of anilines is 2. The molecule has 0 spiro atoms. The fourth-order valence-corrected chi connectivity index (χ4v) is 6.88. The largest absolute Gasteiger partial charge is 0.494 e.